The summed E-state index contributed by atoms with van der Waals surface area (Å²) in [6, 6.07) is 79.4. The van der Waals surface area contributed by atoms with E-state index in [-0.39, 0.29) is 0 Å². The molecule has 1 aromatic heterocycles. The fourth-order valence-corrected chi connectivity index (χ4v) is 9.92. The summed E-state index contributed by atoms with van der Waals surface area (Å²) in [6.45, 7) is 0. The van der Waals surface area contributed by atoms with Crippen LogP contribution in [0.5, 0.6) is 0 Å². The van der Waals surface area contributed by atoms with E-state index in [1.54, 1.807) is 0 Å². The summed E-state index contributed by atoms with van der Waals surface area (Å²) in [5, 5.41) is 0. The van der Waals surface area contributed by atoms with Gasteiger partial charge in [-0.2, -0.15) is 0 Å². The molecule has 0 amide bonds. The Balaban J connectivity index is 1.29. The van der Waals surface area contributed by atoms with Crippen LogP contribution in [0.4, 0.5) is 0 Å². The van der Waals surface area contributed by atoms with E-state index in [1.807, 2.05) is 6.07 Å². The van der Waals surface area contributed by atoms with Gasteiger partial charge >= 0.3 is 0 Å². The molecule has 0 N–H and O–H groups in total. The molecule has 2 unspecified atom stereocenters. The second-order valence-electron chi connectivity index (χ2n) is 14.8. The molecule has 0 fully saturated rings. The molecule has 11 rings (SSSR count). The van der Waals surface area contributed by atoms with Gasteiger partial charge in [0.1, 0.15) is 0 Å². The number of hydrogen-bond donors (Lipinski definition) is 0. The van der Waals surface area contributed by atoms with Crippen LogP contribution in [0.1, 0.15) is 44.5 Å². The molecule has 0 saturated heterocycles. The summed E-state index contributed by atoms with van der Waals surface area (Å²) >= 11 is 0. The molecular weight excluding hydrogens is 677 g/mol. The van der Waals surface area contributed by atoms with Crippen molar-refractivity contribution in [2.45, 2.75) is 10.8 Å². The smallest absolute Gasteiger partial charge is 0.160 e. The molecule has 56 heavy (non-hydrogen) atoms. The highest BCUT2D eigenvalue weighted by Gasteiger charge is 2.57. The lowest BCUT2D eigenvalue weighted by molar-refractivity contribution is 0.627. The molecule has 262 valence electrons. The fraction of sp³-hybridized carbons (Fsp3) is 0.0370. The van der Waals surface area contributed by atoms with E-state index in [1.165, 1.54) is 55.6 Å². The summed E-state index contributed by atoms with van der Waals surface area (Å²) in [5.41, 5.74) is 16.4. The molecule has 0 aliphatic heterocycles. The summed E-state index contributed by atoms with van der Waals surface area (Å²) in [4.78, 5) is 10.6. The van der Waals surface area contributed by atoms with Crippen LogP contribution in [-0.2, 0) is 10.8 Å². The third-order valence-corrected chi connectivity index (χ3v) is 12.0. The van der Waals surface area contributed by atoms with Gasteiger partial charge in [0.25, 0.3) is 0 Å². The Kier molecular flexibility index (Phi) is 7.33. The highest BCUT2D eigenvalue weighted by atomic mass is 14.9. The number of aromatic nitrogens is 2. The lowest BCUT2D eigenvalue weighted by atomic mass is 9.51. The van der Waals surface area contributed by atoms with E-state index in [9.17, 15) is 0 Å². The van der Waals surface area contributed by atoms with Gasteiger partial charge in [0.2, 0.25) is 0 Å². The zero-order valence-electron chi connectivity index (χ0n) is 30.7. The first-order valence-electron chi connectivity index (χ1n) is 19.3. The third kappa shape index (κ3) is 4.50. The monoisotopic (exact) mass is 712 g/mol. The van der Waals surface area contributed by atoms with E-state index in [0.717, 1.165) is 28.1 Å². The standard InChI is InChI=1S/C54H36N2/c1-5-20-37(21-6-1)49-36-50(56-52(55-49)38-22-7-2-8-23-38)43-29-14-16-32-45(43)53(39-24-9-3-10-25-39)46-33-17-18-34-47(46)54(40-26-11-4-12-27-40)44-31-15-13-28-41(44)42-30-19-35-48(53)51(42)54/h1-36H. The molecule has 0 spiro atoms. The Morgan fingerprint density at radius 3 is 1.36 bits per heavy atom. The number of nitrogens with zero attached hydrogens (tertiary/aromatic N) is 2. The van der Waals surface area contributed by atoms with Gasteiger partial charge in [-0.3, -0.25) is 0 Å². The van der Waals surface area contributed by atoms with Gasteiger partial charge in [-0.15, -0.1) is 0 Å². The number of fused-ring (bicyclic) bond motifs is 5. The van der Waals surface area contributed by atoms with Crippen molar-refractivity contribution in [1.82, 2.24) is 9.97 Å². The van der Waals surface area contributed by atoms with E-state index in [2.05, 4.69) is 212 Å². The van der Waals surface area contributed by atoms with Crippen molar-refractivity contribution >= 4 is 0 Å². The molecule has 2 atom stereocenters. The van der Waals surface area contributed by atoms with Crippen molar-refractivity contribution in [3.63, 3.8) is 0 Å². The predicted molar refractivity (Wildman–Crippen MR) is 228 cm³/mol. The lowest BCUT2D eigenvalue weighted by Crippen LogP contribution is -2.44. The first kappa shape index (κ1) is 32.3. The van der Waals surface area contributed by atoms with Gasteiger partial charge in [-0.1, -0.05) is 212 Å². The van der Waals surface area contributed by atoms with E-state index in [0.29, 0.717) is 5.82 Å². The molecule has 0 radical (unpaired) electrons. The maximum absolute atomic E-state index is 5.42. The zero-order valence-corrected chi connectivity index (χ0v) is 30.7. The van der Waals surface area contributed by atoms with E-state index < -0.39 is 10.8 Å². The normalized spacial score (nSPS) is 17.4. The topological polar surface area (TPSA) is 25.8 Å². The lowest BCUT2D eigenvalue weighted by Gasteiger charge is -2.50. The van der Waals surface area contributed by atoms with Crippen LogP contribution in [0.25, 0.3) is 45.0 Å². The van der Waals surface area contributed by atoms with Gasteiger partial charge in [0.05, 0.1) is 22.2 Å². The Labute approximate surface area is 327 Å². The SMILES string of the molecule is c1ccc(-c2cc(-c3ccccc3C3(c4ccccc4)c4ccccc4C4(c5ccccc5)c5ccccc5-c5cccc3c54)nc(-c3ccccc3)n2)cc1. The van der Waals surface area contributed by atoms with Gasteiger partial charge < -0.3 is 0 Å². The van der Waals surface area contributed by atoms with Crippen molar-refractivity contribution in [1.29, 1.82) is 0 Å². The fourth-order valence-electron chi connectivity index (χ4n) is 9.92. The van der Waals surface area contributed by atoms with Crippen LogP contribution in [0.2, 0.25) is 0 Å². The van der Waals surface area contributed by atoms with Gasteiger partial charge in [0, 0.05) is 16.7 Å². The molecule has 2 nitrogen and oxygen atoms in total. The summed E-state index contributed by atoms with van der Waals surface area (Å²) in [6.07, 6.45) is 0. The highest BCUT2D eigenvalue weighted by molar-refractivity contribution is 5.92. The first-order chi connectivity index (χ1) is 27.8. The second kappa shape index (κ2) is 12.7. The average Bonchev–Trinajstić information content (AvgIpc) is 3.60. The van der Waals surface area contributed by atoms with Crippen LogP contribution >= 0.6 is 0 Å². The zero-order chi connectivity index (χ0) is 37.1. The molecule has 0 saturated carbocycles. The second-order valence-corrected chi connectivity index (χ2v) is 14.8. The quantitative estimate of drug-likeness (QED) is 0.172. The third-order valence-electron chi connectivity index (χ3n) is 12.0. The maximum atomic E-state index is 5.42. The minimum atomic E-state index is -0.703. The van der Waals surface area contributed by atoms with Gasteiger partial charge in [-0.25, -0.2) is 9.97 Å². The summed E-state index contributed by atoms with van der Waals surface area (Å²) in [7, 11) is 0. The van der Waals surface area contributed by atoms with E-state index >= 15 is 0 Å². The van der Waals surface area contributed by atoms with Crippen LogP contribution in [0.15, 0.2) is 218 Å². The Morgan fingerprint density at radius 2 is 0.714 bits per heavy atom. The predicted octanol–water partition coefficient (Wildman–Crippen LogP) is 12.5. The van der Waals surface area contributed by atoms with Crippen molar-refractivity contribution in [2.24, 2.45) is 0 Å². The summed E-state index contributed by atoms with van der Waals surface area (Å²) in [5.74, 6) is 0.703. The largest absolute Gasteiger partial charge is 0.228 e. The maximum Gasteiger partial charge on any atom is 0.160 e. The van der Waals surface area contributed by atoms with Crippen molar-refractivity contribution in [3.8, 4) is 45.0 Å². The molecule has 1 heterocycles. The summed E-state index contributed by atoms with van der Waals surface area (Å²) < 4.78 is 0. The molecule has 8 aromatic carbocycles. The number of rotatable bonds is 6. The number of hydrogen-bond acceptors (Lipinski definition) is 2. The molecular formula is C54H36N2. The average molecular weight is 713 g/mol. The molecule has 0 bridgehead atoms. The van der Waals surface area contributed by atoms with Crippen LogP contribution in [-0.4, -0.2) is 9.97 Å². The Bertz CT molecular complexity index is 2850. The molecule has 2 heteroatoms. The number of benzene rings is 8. The van der Waals surface area contributed by atoms with Gasteiger partial charge in [0.15, 0.2) is 5.82 Å². The van der Waals surface area contributed by atoms with Crippen molar-refractivity contribution in [3.05, 3.63) is 263 Å². The first-order valence-corrected chi connectivity index (χ1v) is 19.3. The van der Waals surface area contributed by atoms with E-state index in [4.69, 9.17) is 9.97 Å². The molecule has 9 aromatic rings. The van der Waals surface area contributed by atoms with Crippen molar-refractivity contribution < 1.29 is 0 Å². The minimum Gasteiger partial charge on any atom is -0.228 e. The van der Waals surface area contributed by atoms with Crippen molar-refractivity contribution in [2.75, 3.05) is 0 Å². The van der Waals surface area contributed by atoms with Gasteiger partial charge in [-0.05, 0) is 61.7 Å². The Hall–Kier alpha value is -7.16. The Morgan fingerprint density at radius 1 is 0.286 bits per heavy atom. The van der Waals surface area contributed by atoms with Crippen LogP contribution in [0, 0.1) is 0 Å². The van der Waals surface area contributed by atoms with Crippen LogP contribution < -0.4 is 0 Å². The minimum absolute atomic E-state index is 0.510. The molecule has 2 aliphatic carbocycles. The highest BCUT2D eigenvalue weighted by Crippen LogP contribution is 2.66. The molecule has 2 aliphatic rings. The van der Waals surface area contributed by atoms with Crippen LogP contribution in [0.3, 0.4) is 0 Å².